The number of nitrogens with one attached hydrogen (secondary N) is 1. The first kappa shape index (κ1) is 11.5. The van der Waals surface area contributed by atoms with Crippen LogP contribution in [0.15, 0.2) is 18.2 Å². The molecule has 1 aliphatic heterocycles. The molecule has 4 heteroatoms. The minimum atomic E-state index is -0.0503. The van der Waals surface area contributed by atoms with Gasteiger partial charge in [0.25, 0.3) is 0 Å². The average molecular weight is 270 g/mol. The maximum absolute atomic E-state index is 11.7. The molecule has 0 bridgehead atoms. The largest absolute Gasteiger partial charge is 0.315 e. The topological polar surface area (TPSA) is 29.1 Å². The van der Waals surface area contributed by atoms with Crippen molar-refractivity contribution in [2.75, 3.05) is 13.1 Å². The number of Topliss-reactive ketones (excluding diaryl/α,β-unsaturated/α-hetero) is 1. The summed E-state index contributed by atoms with van der Waals surface area (Å²) in [7, 11) is 0. The van der Waals surface area contributed by atoms with Crippen LogP contribution >= 0.6 is 23.2 Å². The molecule has 0 aromatic heterocycles. The van der Waals surface area contributed by atoms with E-state index in [9.17, 15) is 4.79 Å². The van der Waals surface area contributed by atoms with Gasteiger partial charge in [-0.1, -0.05) is 29.3 Å². The summed E-state index contributed by atoms with van der Waals surface area (Å²) in [6.07, 6.45) is 1.32. The van der Waals surface area contributed by atoms with Gasteiger partial charge < -0.3 is 5.32 Å². The van der Waals surface area contributed by atoms with E-state index in [1.807, 2.05) is 18.2 Å². The van der Waals surface area contributed by atoms with Crippen LogP contribution in [0.5, 0.6) is 0 Å². The number of carbonyl (C=O) groups excluding carboxylic acids is 1. The van der Waals surface area contributed by atoms with Crippen LogP contribution < -0.4 is 5.32 Å². The van der Waals surface area contributed by atoms with Crippen molar-refractivity contribution in [3.63, 3.8) is 0 Å². The van der Waals surface area contributed by atoms with Crippen LogP contribution in [-0.2, 0) is 10.2 Å². The maximum atomic E-state index is 11.7. The molecule has 0 unspecified atom stereocenters. The molecule has 1 aliphatic carbocycles. The average Bonchev–Trinajstić information content (AvgIpc) is 2.78. The summed E-state index contributed by atoms with van der Waals surface area (Å²) < 4.78 is 0. The van der Waals surface area contributed by atoms with Gasteiger partial charge in [-0.3, -0.25) is 4.79 Å². The lowest BCUT2D eigenvalue weighted by atomic mass is 9.75. The van der Waals surface area contributed by atoms with E-state index in [1.54, 1.807) is 0 Å². The van der Waals surface area contributed by atoms with Crippen LogP contribution in [0, 0.1) is 5.92 Å². The highest BCUT2D eigenvalue weighted by Gasteiger charge is 2.50. The van der Waals surface area contributed by atoms with Crippen LogP contribution in [0.1, 0.15) is 18.4 Å². The van der Waals surface area contributed by atoms with E-state index in [-0.39, 0.29) is 5.41 Å². The second-order valence-electron chi connectivity index (χ2n) is 5.03. The van der Waals surface area contributed by atoms with Gasteiger partial charge in [0.2, 0.25) is 0 Å². The van der Waals surface area contributed by atoms with Crippen molar-refractivity contribution in [3.8, 4) is 0 Å². The van der Waals surface area contributed by atoms with Crippen LogP contribution in [0.3, 0.4) is 0 Å². The van der Waals surface area contributed by atoms with E-state index in [2.05, 4.69) is 5.32 Å². The van der Waals surface area contributed by atoms with Gasteiger partial charge in [-0.25, -0.2) is 0 Å². The van der Waals surface area contributed by atoms with Crippen LogP contribution in [0.25, 0.3) is 0 Å². The third kappa shape index (κ3) is 1.70. The molecule has 1 aromatic rings. The lowest BCUT2D eigenvalue weighted by molar-refractivity contribution is -0.117. The fourth-order valence-corrected chi connectivity index (χ4v) is 3.53. The first-order chi connectivity index (χ1) is 8.12. The Kier molecular flexibility index (Phi) is 2.69. The van der Waals surface area contributed by atoms with Gasteiger partial charge in [-0.05, 0) is 30.2 Å². The Morgan fingerprint density at radius 1 is 1.29 bits per heavy atom. The number of hydrogen-bond acceptors (Lipinski definition) is 2. The monoisotopic (exact) mass is 269 g/mol. The lowest BCUT2D eigenvalue weighted by Gasteiger charge is -2.28. The quantitative estimate of drug-likeness (QED) is 0.850. The zero-order chi connectivity index (χ0) is 12.0. The normalized spacial score (nSPS) is 31.9. The molecule has 0 radical (unpaired) electrons. The highest BCUT2D eigenvalue weighted by Crippen LogP contribution is 2.47. The number of hydrogen-bond donors (Lipinski definition) is 1. The third-order valence-electron chi connectivity index (χ3n) is 4.09. The molecule has 1 saturated heterocycles. The predicted octanol–water partition coefficient (Wildman–Crippen LogP) is 2.81. The molecule has 2 fully saturated rings. The van der Waals surface area contributed by atoms with Gasteiger partial charge in [-0.15, -0.1) is 0 Å². The van der Waals surface area contributed by atoms with Crippen LogP contribution in [-0.4, -0.2) is 18.9 Å². The Hall–Kier alpha value is -0.570. The summed E-state index contributed by atoms with van der Waals surface area (Å²) in [6.45, 7) is 1.79. The Morgan fingerprint density at radius 3 is 2.88 bits per heavy atom. The van der Waals surface area contributed by atoms with E-state index >= 15 is 0 Å². The molecule has 1 aromatic carbocycles. The molecule has 2 atom stereocenters. The lowest BCUT2D eigenvalue weighted by Crippen LogP contribution is -2.31. The van der Waals surface area contributed by atoms with Crippen molar-refractivity contribution in [3.05, 3.63) is 33.8 Å². The number of carbonyl (C=O) groups is 1. The summed E-state index contributed by atoms with van der Waals surface area (Å²) in [6, 6.07) is 5.75. The molecule has 1 saturated carbocycles. The van der Waals surface area contributed by atoms with Gasteiger partial charge in [0.05, 0.1) is 10.0 Å². The predicted molar refractivity (Wildman–Crippen MR) is 68.7 cm³/mol. The van der Waals surface area contributed by atoms with Crippen LogP contribution in [0.2, 0.25) is 10.0 Å². The molecule has 3 rings (SSSR count). The molecular formula is C13H13Cl2NO. The summed E-state index contributed by atoms with van der Waals surface area (Å²) in [4.78, 5) is 11.7. The molecule has 0 spiro atoms. The highest BCUT2D eigenvalue weighted by atomic mass is 35.5. The smallest absolute Gasteiger partial charge is 0.134 e. The third-order valence-corrected chi connectivity index (χ3v) is 4.83. The fraction of sp³-hybridized carbons (Fsp3) is 0.462. The highest BCUT2D eigenvalue weighted by molar-refractivity contribution is 6.42. The molecule has 1 N–H and O–H groups in total. The van der Waals surface area contributed by atoms with E-state index in [1.165, 1.54) is 0 Å². The zero-order valence-electron chi connectivity index (χ0n) is 9.30. The molecule has 17 heavy (non-hydrogen) atoms. The van der Waals surface area contributed by atoms with Crippen molar-refractivity contribution in [2.24, 2.45) is 5.92 Å². The maximum Gasteiger partial charge on any atom is 0.134 e. The molecule has 1 heterocycles. The Labute approximate surface area is 110 Å². The van der Waals surface area contributed by atoms with E-state index in [0.717, 1.165) is 18.7 Å². The zero-order valence-corrected chi connectivity index (χ0v) is 10.8. The Bertz CT molecular complexity index is 488. The van der Waals surface area contributed by atoms with Gasteiger partial charge in [0.15, 0.2) is 0 Å². The SMILES string of the molecule is O=C1C[C@@H]2CNC[C@]2(c2ccc(Cl)c(Cl)c2)C1. The van der Waals surface area contributed by atoms with Gasteiger partial charge in [-0.2, -0.15) is 0 Å². The fourth-order valence-electron chi connectivity index (χ4n) is 3.23. The standard InChI is InChI=1S/C13H13Cl2NO/c14-11-2-1-8(4-12(11)15)13-5-10(17)3-9(13)6-16-7-13/h1-2,4,9,16H,3,5-7H2/t9-,13+/m1/s1. The van der Waals surface area contributed by atoms with Gasteiger partial charge in [0.1, 0.15) is 5.78 Å². The molecular weight excluding hydrogens is 257 g/mol. The first-order valence-electron chi connectivity index (χ1n) is 5.80. The van der Waals surface area contributed by atoms with Crippen molar-refractivity contribution >= 4 is 29.0 Å². The van der Waals surface area contributed by atoms with E-state index < -0.39 is 0 Å². The number of fused-ring (bicyclic) bond motifs is 1. The van der Waals surface area contributed by atoms with Crippen molar-refractivity contribution in [2.45, 2.75) is 18.3 Å². The second-order valence-corrected chi connectivity index (χ2v) is 5.85. The minimum Gasteiger partial charge on any atom is -0.315 e. The summed E-state index contributed by atoms with van der Waals surface area (Å²) in [5, 5.41) is 4.53. The first-order valence-corrected chi connectivity index (χ1v) is 6.55. The van der Waals surface area contributed by atoms with Crippen molar-refractivity contribution in [1.29, 1.82) is 0 Å². The van der Waals surface area contributed by atoms with E-state index in [4.69, 9.17) is 23.2 Å². The Balaban J connectivity index is 2.06. The van der Waals surface area contributed by atoms with E-state index in [0.29, 0.717) is 34.6 Å². The molecule has 2 nitrogen and oxygen atoms in total. The van der Waals surface area contributed by atoms with Crippen LogP contribution in [0.4, 0.5) is 0 Å². The summed E-state index contributed by atoms with van der Waals surface area (Å²) >= 11 is 12.0. The summed E-state index contributed by atoms with van der Waals surface area (Å²) in [5.74, 6) is 0.773. The van der Waals surface area contributed by atoms with Crippen molar-refractivity contribution in [1.82, 2.24) is 5.32 Å². The number of benzene rings is 1. The molecule has 90 valence electrons. The Morgan fingerprint density at radius 2 is 2.12 bits per heavy atom. The van der Waals surface area contributed by atoms with Gasteiger partial charge in [0, 0.05) is 24.8 Å². The second kappa shape index (κ2) is 3.98. The number of halogens is 2. The van der Waals surface area contributed by atoms with Gasteiger partial charge >= 0.3 is 0 Å². The number of rotatable bonds is 1. The molecule has 0 amide bonds. The minimum absolute atomic E-state index is 0.0503. The van der Waals surface area contributed by atoms with Crippen molar-refractivity contribution < 1.29 is 4.79 Å². The summed E-state index contributed by atoms with van der Waals surface area (Å²) in [5.41, 5.74) is 1.10. The number of ketones is 1. The molecule has 2 aliphatic rings.